The van der Waals surface area contributed by atoms with E-state index in [1.807, 2.05) is 12.1 Å². The normalized spacial score (nSPS) is 25.2. The molecule has 2 aliphatic carbocycles. The van der Waals surface area contributed by atoms with Gasteiger partial charge in [-0.3, -0.25) is 0 Å². The molecule has 4 nitrogen and oxygen atoms in total. The van der Waals surface area contributed by atoms with E-state index in [0.29, 0.717) is 23.6 Å². The molecule has 6 rings (SSSR count). The van der Waals surface area contributed by atoms with Crippen LogP contribution in [0.25, 0.3) is 11.1 Å². The average molecular weight is 392 g/mol. The molecule has 28 heavy (non-hydrogen) atoms. The molecule has 1 fully saturated rings. The predicted octanol–water partition coefficient (Wildman–Crippen LogP) is 4.85. The highest BCUT2D eigenvalue weighted by atomic mass is 35.5. The lowest BCUT2D eigenvalue weighted by Crippen LogP contribution is -2.14. The van der Waals surface area contributed by atoms with E-state index in [2.05, 4.69) is 34.6 Å². The molecule has 1 aromatic carbocycles. The van der Waals surface area contributed by atoms with Gasteiger partial charge in [-0.2, -0.15) is 0 Å². The fourth-order valence-electron chi connectivity index (χ4n) is 4.85. The number of fused-ring (bicyclic) bond motifs is 6. The zero-order valence-corrected chi connectivity index (χ0v) is 16.4. The summed E-state index contributed by atoms with van der Waals surface area (Å²) < 4.78 is 6.02. The van der Waals surface area contributed by atoms with Crippen LogP contribution in [-0.2, 0) is 6.42 Å². The summed E-state index contributed by atoms with van der Waals surface area (Å²) in [6.45, 7) is 1.65. The Morgan fingerprint density at radius 2 is 2.14 bits per heavy atom. The molecule has 3 heterocycles. The SMILES string of the molecule is Clc1ccc2c(c1)OCC1=CC3=CC(C=C12)CCc1[nH]c(C2CCCN2)nc13. The van der Waals surface area contributed by atoms with Crippen molar-refractivity contribution in [3.63, 3.8) is 0 Å². The molecular formula is C23H22ClN3O. The van der Waals surface area contributed by atoms with Crippen molar-refractivity contribution < 1.29 is 4.74 Å². The van der Waals surface area contributed by atoms with Crippen LogP contribution < -0.4 is 10.1 Å². The van der Waals surface area contributed by atoms with Crippen LogP contribution in [0.5, 0.6) is 5.75 Å². The smallest absolute Gasteiger partial charge is 0.129 e. The van der Waals surface area contributed by atoms with Gasteiger partial charge >= 0.3 is 0 Å². The first kappa shape index (κ1) is 16.6. The predicted molar refractivity (Wildman–Crippen MR) is 111 cm³/mol. The van der Waals surface area contributed by atoms with E-state index in [1.54, 1.807) is 0 Å². The van der Waals surface area contributed by atoms with Crippen molar-refractivity contribution in [2.24, 2.45) is 5.92 Å². The molecule has 0 amide bonds. The number of benzene rings is 1. The van der Waals surface area contributed by atoms with Crippen LogP contribution >= 0.6 is 11.6 Å². The number of aromatic nitrogens is 2. The summed E-state index contributed by atoms with van der Waals surface area (Å²) >= 11 is 6.17. The molecule has 0 spiro atoms. The molecule has 142 valence electrons. The second-order valence-corrected chi connectivity index (χ2v) is 8.54. The van der Waals surface area contributed by atoms with Crippen LogP contribution in [0.15, 0.2) is 42.0 Å². The van der Waals surface area contributed by atoms with E-state index in [1.165, 1.54) is 28.8 Å². The summed E-state index contributed by atoms with van der Waals surface area (Å²) in [6, 6.07) is 6.31. The van der Waals surface area contributed by atoms with Gasteiger partial charge in [0.15, 0.2) is 0 Å². The highest BCUT2D eigenvalue weighted by Gasteiger charge is 2.29. The third-order valence-electron chi connectivity index (χ3n) is 6.26. The second-order valence-electron chi connectivity index (χ2n) is 8.10. The second kappa shape index (κ2) is 6.36. The molecule has 2 aromatic rings. The highest BCUT2D eigenvalue weighted by molar-refractivity contribution is 6.30. The van der Waals surface area contributed by atoms with Gasteiger partial charge in [-0.05, 0) is 79.1 Å². The summed E-state index contributed by atoms with van der Waals surface area (Å²) in [5, 5.41) is 4.27. The Kier molecular flexibility index (Phi) is 3.78. The monoisotopic (exact) mass is 391 g/mol. The zero-order chi connectivity index (χ0) is 18.7. The Morgan fingerprint density at radius 1 is 1.18 bits per heavy atom. The van der Waals surface area contributed by atoms with Gasteiger partial charge in [0.25, 0.3) is 0 Å². The highest BCUT2D eigenvalue weighted by Crippen LogP contribution is 2.43. The van der Waals surface area contributed by atoms with Crippen molar-refractivity contribution in [2.45, 2.75) is 31.7 Å². The maximum Gasteiger partial charge on any atom is 0.129 e. The van der Waals surface area contributed by atoms with Crippen LogP contribution in [0.1, 0.15) is 48.1 Å². The van der Waals surface area contributed by atoms with Crippen molar-refractivity contribution in [3.8, 4) is 5.75 Å². The molecule has 2 N–H and O–H groups in total. The number of hydrogen-bond acceptors (Lipinski definition) is 3. The lowest BCUT2D eigenvalue weighted by atomic mass is 9.91. The zero-order valence-electron chi connectivity index (χ0n) is 15.6. The Labute approximate surface area is 169 Å². The molecular weight excluding hydrogens is 370 g/mol. The van der Waals surface area contributed by atoms with Gasteiger partial charge in [-0.1, -0.05) is 23.8 Å². The summed E-state index contributed by atoms with van der Waals surface area (Å²) in [6.07, 6.45) is 11.6. The summed E-state index contributed by atoms with van der Waals surface area (Å²) in [5.74, 6) is 2.37. The molecule has 4 aliphatic rings. The number of ether oxygens (including phenoxy) is 1. The first-order valence-electron chi connectivity index (χ1n) is 10.1. The minimum atomic E-state index is 0.366. The Morgan fingerprint density at radius 3 is 3.04 bits per heavy atom. The van der Waals surface area contributed by atoms with Gasteiger partial charge in [-0.25, -0.2) is 4.98 Å². The van der Waals surface area contributed by atoms with E-state index in [0.717, 1.165) is 48.6 Å². The van der Waals surface area contributed by atoms with Crippen molar-refractivity contribution in [2.75, 3.05) is 13.2 Å². The number of nitrogens with one attached hydrogen (secondary N) is 2. The Balaban J connectivity index is 1.43. The average Bonchev–Trinajstić information content (AvgIpc) is 3.30. The quantitative estimate of drug-likeness (QED) is 0.730. The van der Waals surface area contributed by atoms with Gasteiger partial charge < -0.3 is 15.0 Å². The van der Waals surface area contributed by atoms with E-state index < -0.39 is 0 Å². The molecule has 2 unspecified atom stereocenters. The largest absolute Gasteiger partial charge is 0.488 e. The molecule has 2 atom stereocenters. The molecule has 1 saturated heterocycles. The van der Waals surface area contributed by atoms with Gasteiger partial charge in [0.1, 0.15) is 18.2 Å². The van der Waals surface area contributed by atoms with Crippen LogP contribution in [0, 0.1) is 5.92 Å². The minimum Gasteiger partial charge on any atom is -0.488 e. The first-order chi connectivity index (χ1) is 13.7. The van der Waals surface area contributed by atoms with Gasteiger partial charge in [0.05, 0.1) is 11.7 Å². The number of allylic oxidation sites excluding steroid dienone is 4. The number of aromatic amines is 1. The van der Waals surface area contributed by atoms with Crippen LogP contribution in [0.3, 0.4) is 0 Å². The molecule has 5 heteroatoms. The summed E-state index contributed by atoms with van der Waals surface area (Å²) in [5.41, 5.74) is 7.26. The molecule has 0 saturated carbocycles. The molecule has 1 aromatic heterocycles. The number of halogens is 1. The van der Waals surface area contributed by atoms with E-state index in [-0.39, 0.29) is 0 Å². The standard InChI is InChI=1S/C23H22ClN3O/c24-16-4-5-17-18-9-13-3-6-19-22(27-23(26-19)20-2-1-7-25-20)14(8-13)10-15(18)12-28-21(17)11-16/h4-5,8-11,13,20,25H,1-3,6-7,12H2,(H,26,27). The topological polar surface area (TPSA) is 49.9 Å². The third-order valence-corrected chi connectivity index (χ3v) is 6.49. The van der Waals surface area contributed by atoms with Gasteiger partial charge in [0, 0.05) is 16.3 Å². The van der Waals surface area contributed by atoms with Gasteiger partial charge in [0.2, 0.25) is 0 Å². The maximum atomic E-state index is 6.17. The third kappa shape index (κ3) is 2.66. The van der Waals surface area contributed by atoms with E-state index >= 15 is 0 Å². The lowest BCUT2D eigenvalue weighted by Gasteiger charge is -2.24. The van der Waals surface area contributed by atoms with E-state index in [4.69, 9.17) is 21.3 Å². The van der Waals surface area contributed by atoms with Crippen molar-refractivity contribution in [3.05, 3.63) is 69.8 Å². The minimum absolute atomic E-state index is 0.366. The number of hydrogen-bond donors (Lipinski definition) is 2. The molecule has 2 aliphatic heterocycles. The number of imidazole rings is 1. The number of rotatable bonds is 1. The lowest BCUT2D eigenvalue weighted by molar-refractivity contribution is 0.348. The van der Waals surface area contributed by atoms with Crippen molar-refractivity contribution >= 4 is 22.7 Å². The fraction of sp³-hybridized carbons (Fsp3) is 0.348. The maximum absolute atomic E-state index is 6.17. The van der Waals surface area contributed by atoms with Gasteiger partial charge in [-0.15, -0.1) is 0 Å². The molecule has 0 radical (unpaired) electrons. The van der Waals surface area contributed by atoms with Crippen molar-refractivity contribution in [1.82, 2.24) is 15.3 Å². The first-order valence-corrected chi connectivity index (χ1v) is 10.5. The van der Waals surface area contributed by atoms with Crippen LogP contribution in [0.2, 0.25) is 5.02 Å². The van der Waals surface area contributed by atoms with Crippen LogP contribution in [0.4, 0.5) is 0 Å². The fourth-order valence-corrected chi connectivity index (χ4v) is 5.01. The summed E-state index contributed by atoms with van der Waals surface area (Å²) in [4.78, 5) is 8.67. The summed E-state index contributed by atoms with van der Waals surface area (Å²) in [7, 11) is 0. The van der Waals surface area contributed by atoms with Crippen LogP contribution in [-0.4, -0.2) is 23.1 Å². The van der Waals surface area contributed by atoms with E-state index in [9.17, 15) is 0 Å². The number of aryl methyl sites for hydroxylation is 1. The number of H-pyrrole nitrogens is 1. The Hall–Kier alpha value is -2.30. The number of nitrogens with zero attached hydrogens (tertiary/aromatic N) is 1. The van der Waals surface area contributed by atoms with Crippen molar-refractivity contribution in [1.29, 1.82) is 0 Å². The Bertz CT molecular complexity index is 1060. The molecule has 2 bridgehead atoms.